The van der Waals surface area contributed by atoms with Crippen molar-refractivity contribution in [1.82, 2.24) is 0 Å². The van der Waals surface area contributed by atoms with Crippen LogP contribution in [0.25, 0.3) is 4.91 Å². The molecule has 0 amide bonds. The highest BCUT2D eigenvalue weighted by Gasteiger charge is 2.04. The first-order valence-corrected chi connectivity index (χ1v) is 5.73. The molecule has 0 aromatic heterocycles. The van der Waals surface area contributed by atoms with Gasteiger partial charge in [-0.1, -0.05) is 61.7 Å². The highest BCUT2D eigenvalue weighted by atomic mass is 32.1. The van der Waals surface area contributed by atoms with Gasteiger partial charge >= 0.3 is 0 Å². The van der Waals surface area contributed by atoms with E-state index in [2.05, 4.69) is 38.4 Å². The first-order valence-electron chi connectivity index (χ1n) is 4.84. The highest BCUT2D eigenvalue weighted by molar-refractivity contribution is 7.93. The first-order chi connectivity index (χ1) is 7.70. The minimum atomic E-state index is 0.796. The molecule has 0 N–H and O–H groups in total. The molecule has 0 aliphatic rings. The van der Waals surface area contributed by atoms with E-state index < -0.39 is 0 Å². The fourth-order valence-electron chi connectivity index (χ4n) is 1.24. The molecule has 0 saturated heterocycles. The van der Waals surface area contributed by atoms with Crippen LogP contribution in [0.2, 0.25) is 0 Å². The summed E-state index contributed by atoms with van der Waals surface area (Å²) in [6, 6.07) is 9.89. The minimum Gasteiger partial charge on any atom is -0.142 e. The lowest BCUT2D eigenvalue weighted by molar-refractivity contribution is 1.62. The summed E-state index contributed by atoms with van der Waals surface area (Å²) in [7, 11) is 0. The van der Waals surface area contributed by atoms with Crippen LogP contribution in [0.1, 0.15) is 5.56 Å². The molecule has 16 heavy (non-hydrogen) atoms. The van der Waals surface area contributed by atoms with E-state index in [-0.39, 0.29) is 0 Å². The third kappa shape index (κ3) is 3.19. The summed E-state index contributed by atoms with van der Waals surface area (Å²) in [5.41, 5.74) is 1.94. The van der Waals surface area contributed by atoms with Gasteiger partial charge in [-0.2, -0.15) is 0 Å². The van der Waals surface area contributed by atoms with Crippen LogP contribution in [0.4, 0.5) is 0 Å². The monoisotopic (exact) mass is 246 g/mol. The van der Waals surface area contributed by atoms with Crippen molar-refractivity contribution in [2.45, 2.75) is 0 Å². The maximum absolute atomic E-state index is 4.48. The molecule has 1 aromatic rings. The molecule has 2 heteroatoms. The number of rotatable bonds is 4. The quantitative estimate of drug-likeness (QED) is 0.566. The van der Waals surface area contributed by atoms with Gasteiger partial charge in [0.15, 0.2) is 0 Å². The third-order valence-corrected chi connectivity index (χ3v) is 3.20. The van der Waals surface area contributed by atoms with Crippen molar-refractivity contribution in [2.24, 2.45) is 0 Å². The lowest BCUT2D eigenvalue weighted by Crippen LogP contribution is -1.83. The van der Waals surface area contributed by atoms with Crippen LogP contribution in [0.3, 0.4) is 0 Å². The van der Waals surface area contributed by atoms with Crippen LogP contribution in [-0.4, -0.2) is 0 Å². The van der Waals surface area contributed by atoms with E-state index in [9.17, 15) is 0 Å². The first kappa shape index (κ1) is 12.9. The van der Waals surface area contributed by atoms with Gasteiger partial charge in [-0.15, -0.1) is 25.3 Å². The molecular weight excluding hydrogens is 232 g/mol. The van der Waals surface area contributed by atoms with Crippen molar-refractivity contribution in [2.75, 3.05) is 0 Å². The maximum Gasteiger partial charge on any atom is 0.0253 e. The zero-order valence-corrected chi connectivity index (χ0v) is 10.7. The van der Waals surface area contributed by atoms with Crippen LogP contribution < -0.4 is 0 Å². The Kier molecular flexibility index (Phi) is 5.23. The molecule has 0 atom stereocenters. The number of hydrogen-bond acceptors (Lipinski definition) is 2. The van der Waals surface area contributed by atoms with Crippen molar-refractivity contribution in [3.63, 3.8) is 0 Å². The summed E-state index contributed by atoms with van der Waals surface area (Å²) >= 11 is 8.94. The molecule has 0 saturated carbocycles. The Morgan fingerprint density at radius 2 is 1.69 bits per heavy atom. The van der Waals surface area contributed by atoms with Crippen molar-refractivity contribution >= 4 is 30.2 Å². The van der Waals surface area contributed by atoms with Gasteiger partial charge < -0.3 is 0 Å². The maximum atomic E-state index is 4.48. The Balaban J connectivity index is 3.19. The normalized spacial score (nSPS) is 13.0. The van der Waals surface area contributed by atoms with Gasteiger partial charge in [-0.25, -0.2) is 0 Å². The van der Waals surface area contributed by atoms with Crippen molar-refractivity contribution < 1.29 is 0 Å². The van der Waals surface area contributed by atoms with E-state index in [0.717, 1.165) is 20.9 Å². The fraction of sp³-hybridized carbons (Fsp3) is 0. The molecule has 0 bridgehead atoms. The Morgan fingerprint density at radius 3 is 2.19 bits per heavy atom. The molecule has 0 aliphatic heterocycles. The molecule has 1 aromatic carbocycles. The van der Waals surface area contributed by atoms with E-state index in [1.54, 1.807) is 12.2 Å². The fourth-order valence-corrected chi connectivity index (χ4v) is 1.81. The van der Waals surface area contributed by atoms with Gasteiger partial charge in [0.25, 0.3) is 0 Å². The Labute approximate surface area is 108 Å². The Morgan fingerprint density at radius 1 is 1.06 bits per heavy atom. The zero-order valence-electron chi connectivity index (χ0n) is 8.93. The smallest absolute Gasteiger partial charge is 0.0253 e. The van der Waals surface area contributed by atoms with E-state index in [1.807, 2.05) is 36.4 Å². The number of allylic oxidation sites excluding steroid dienone is 4. The average Bonchev–Trinajstić information content (AvgIpc) is 2.35. The lowest BCUT2D eigenvalue weighted by atomic mass is 10.1. The van der Waals surface area contributed by atoms with Crippen LogP contribution in [0, 0.1) is 0 Å². The summed E-state index contributed by atoms with van der Waals surface area (Å²) in [4.78, 5) is 1.63. The molecule has 0 unspecified atom stereocenters. The Bertz CT molecular complexity index is 439. The molecule has 82 valence electrons. The third-order valence-electron chi connectivity index (χ3n) is 2.06. The largest absolute Gasteiger partial charge is 0.142 e. The average molecular weight is 246 g/mol. The van der Waals surface area contributed by atoms with E-state index in [4.69, 9.17) is 0 Å². The predicted molar refractivity (Wildman–Crippen MR) is 79.8 cm³/mol. The van der Waals surface area contributed by atoms with E-state index in [0.29, 0.717) is 0 Å². The van der Waals surface area contributed by atoms with Gasteiger partial charge in [0, 0.05) is 9.81 Å². The summed E-state index contributed by atoms with van der Waals surface area (Å²) in [6.07, 6.45) is 5.30. The molecular formula is C14H14S2. The van der Waals surface area contributed by atoms with E-state index >= 15 is 0 Å². The molecule has 0 nitrogen and oxygen atoms in total. The van der Waals surface area contributed by atoms with Gasteiger partial charge in [0.05, 0.1) is 0 Å². The molecule has 0 spiro atoms. The van der Waals surface area contributed by atoms with Gasteiger partial charge in [-0.05, 0) is 11.1 Å². The summed E-state index contributed by atoms with van der Waals surface area (Å²) in [5.74, 6) is 0. The van der Waals surface area contributed by atoms with Crippen LogP contribution in [-0.2, 0) is 0 Å². The second kappa shape index (κ2) is 6.46. The SMILES string of the molecule is C=C/C=C(C=C)/C(S)=C(/S)c1ccccc1. The van der Waals surface area contributed by atoms with Gasteiger partial charge in [-0.3, -0.25) is 0 Å². The second-order valence-electron chi connectivity index (χ2n) is 3.13. The summed E-state index contributed by atoms with van der Waals surface area (Å²) in [5, 5.41) is 0. The van der Waals surface area contributed by atoms with Crippen LogP contribution >= 0.6 is 25.3 Å². The number of hydrogen-bond donors (Lipinski definition) is 2. The minimum absolute atomic E-state index is 0.796. The lowest BCUT2D eigenvalue weighted by Gasteiger charge is -2.07. The molecule has 1 rings (SSSR count). The van der Waals surface area contributed by atoms with Crippen LogP contribution in [0.15, 0.2) is 72.2 Å². The Hall–Kier alpha value is -1.12. The highest BCUT2D eigenvalue weighted by Crippen LogP contribution is 2.29. The topological polar surface area (TPSA) is 0 Å². The van der Waals surface area contributed by atoms with Crippen molar-refractivity contribution in [3.05, 3.63) is 77.8 Å². The standard InChI is InChI=1S/C14H14S2/c1-3-8-11(4-2)13(15)14(16)12-9-6-5-7-10-12/h3-10,15-16H,1-2H2/b11-8+,14-13-. The summed E-state index contributed by atoms with van der Waals surface area (Å²) < 4.78 is 0. The zero-order chi connectivity index (χ0) is 12.0. The van der Waals surface area contributed by atoms with Gasteiger partial charge in [0.2, 0.25) is 0 Å². The number of benzene rings is 1. The van der Waals surface area contributed by atoms with Crippen LogP contribution in [0.5, 0.6) is 0 Å². The van der Waals surface area contributed by atoms with Crippen molar-refractivity contribution in [1.29, 1.82) is 0 Å². The van der Waals surface area contributed by atoms with Crippen molar-refractivity contribution in [3.8, 4) is 0 Å². The number of thiol groups is 2. The molecule has 0 aliphatic carbocycles. The summed E-state index contributed by atoms with van der Waals surface area (Å²) in [6.45, 7) is 7.40. The van der Waals surface area contributed by atoms with E-state index in [1.165, 1.54) is 0 Å². The molecule has 0 heterocycles. The molecule has 0 fully saturated rings. The predicted octanol–water partition coefficient (Wildman–Crippen LogP) is 4.51. The second-order valence-corrected chi connectivity index (χ2v) is 4.02. The molecule has 0 radical (unpaired) electrons. The van der Waals surface area contributed by atoms with Gasteiger partial charge in [0.1, 0.15) is 0 Å².